The fourth-order valence-electron chi connectivity index (χ4n) is 3.47. The maximum atomic E-state index is 12.6. The van der Waals surface area contributed by atoms with Crippen molar-refractivity contribution in [3.8, 4) is 17.1 Å². The van der Waals surface area contributed by atoms with E-state index in [9.17, 15) is 4.79 Å². The molecule has 7 nitrogen and oxygen atoms in total. The monoisotopic (exact) mass is 448 g/mol. The zero-order chi connectivity index (χ0) is 22.5. The number of anilines is 1. The van der Waals surface area contributed by atoms with E-state index in [0.717, 1.165) is 16.9 Å². The van der Waals surface area contributed by atoms with E-state index in [1.165, 1.54) is 11.8 Å². The molecule has 1 N–H and O–H groups in total. The number of hydrogen-bond acceptors (Lipinski definition) is 6. The maximum Gasteiger partial charge on any atom is 0.234 e. The summed E-state index contributed by atoms with van der Waals surface area (Å²) >= 11 is 1.34. The minimum atomic E-state index is -0.151. The van der Waals surface area contributed by atoms with Gasteiger partial charge in [-0.3, -0.25) is 9.36 Å². The third-order valence-corrected chi connectivity index (χ3v) is 6.09. The molecule has 8 heteroatoms. The Hall–Kier alpha value is -3.52. The lowest BCUT2D eigenvalue weighted by Gasteiger charge is -2.18. The molecule has 4 rings (SSSR count). The SMILES string of the molecule is COc1ccccc1NC(=O)CSc1nnc(-c2ccoc2C)n1[C@H](C)c1ccccc1. The van der Waals surface area contributed by atoms with Crippen molar-refractivity contribution in [3.05, 3.63) is 78.3 Å². The summed E-state index contributed by atoms with van der Waals surface area (Å²) in [6, 6.07) is 19.3. The first-order valence-electron chi connectivity index (χ1n) is 10.2. The van der Waals surface area contributed by atoms with Gasteiger partial charge in [-0.25, -0.2) is 0 Å². The van der Waals surface area contributed by atoms with Crippen molar-refractivity contribution in [2.45, 2.75) is 25.0 Å². The number of carbonyl (C=O) groups is 1. The number of aromatic nitrogens is 3. The van der Waals surface area contributed by atoms with Crippen LogP contribution in [0.25, 0.3) is 11.4 Å². The number of hydrogen-bond donors (Lipinski definition) is 1. The van der Waals surface area contributed by atoms with Gasteiger partial charge in [0.15, 0.2) is 11.0 Å². The molecule has 0 unspecified atom stereocenters. The van der Waals surface area contributed by atoms with Crippen molar-refractivity contribution in [3.63, 3.8) is 0 Å². The van der Waals surface area contributed by atoms with Crippen molar-refractivity contribution >= 4 is 23.4 Å². The first-order chi connectivity index (χ1) is 15.6. The number of ether oxygens (including phenoxy) is 1. The third-order valence-electron chi connectivity index (χ3n) is 5.15. The van der Waals surface area contributed by atoms with Crippen LogP contribution in [0.2, 0.25) is 0 Å². The molecule has 2 aromatic carbocycles. The number of nitrogens with one attached hydrogen (secondary N) is 1. The van der Waals surface area contributed by atoms with E-state index in [1.807, 2.05) is 47.9 Å². The topological polar surface area (TPSA) is 82.2 Å². The minimum Gasteiger partial charge on any atom is -0.495 e. The van der Waals surface area contributed by atoms with Crippen LogP contribution in [0.15, 0.2) is 76.5 Å². The van der Waals surface area contributed by atoms with E-state index in [2.05, 4.69) is 34.6 Å². The molecule has 2 heterocycles. The molecule has 0 radical (unpaired) electrons. The highest BCUT2D eigenvalue weighted by Crippen LogP contribution is 2.33. The fourth-order valence-corrected chi connectivity index (χ4v) is 4.28. The van der Waals surface area contributed by atoms with Gasteiger partial charge < -0.3 is 14.5 Å². The molecule has 0 bridgehead atoms. The average Bonchev–Trinajstić information content (AvgIpc) is 3.43. The summed E-state index contributed by atoms with van der Waals surface area (Å²) in [4.78, 5) is 12.6. The largest absolute Gasteiger partial charge is 0.495 e. The number of para-hydroxylation sites is 2. The van der Waals surface area contributed by atoms with E-state index in [4.69, 9.17) is 9.15 Å². The zero-order valence-corrected chi connectivity index (χ0v) is 18.9. The molecule has 0 spiro atoms. The number of amides is 1. The first kappa shape index (κ1) is 21.7. The summed E-state index contributed by atoms with van der Waals surface area (Å²) < 4.78 is 12.8. The summed E-state index contributed by atoms with van der Waals surface area (Å²) in [6.07, 6.45) is 1.64. The number of methoxy groups -OCH3 is 1. The van der Waals surface area contributed by atoms with E-state index in [-0.39, 0.29) is 17.7 Å². The quantitative estimate of drug-likeness (QED) is 0.373. The van der Waals surface area contributed by atoms with Gasteiger partial charge in [-0.05, 0) is 37.6 Å². The Balaban J connectivity index is 1.59. The first-order valence-corrected chi connectivity index (χ1v) is 11.2. The fraction of sp³-hybridized carbons (Fsp3) is 0.208. The molecule has 0 aliphatic rings. The Bertz CT molecular complexity index is 1200. The van der Waals surface area contributed by atoms with Crippen LogP contribution in [0, 0.1) is 6.92 Å². The van der Waals surface area contributed by atoms with E-state index < -0.39 is 0 Å². The molecule has 0 fully saturated rings. The van der Waals surface area contributed by atoms with Crippen molar-refractivity contribution in [1.29, 1.82) is 0 Å². The van der Waals surface area contributed by atoms with Gasteiger partial charge in [0.25, 0.3) is 0 Å². The van der Waals surface area contributed by atoms with Gasteiger partial charge in [0, 0.05) is 0 Å². The molecule has 0 saturated heterocycles. The highest BCUT2D eigenvalue weighted by atomic mass is 32.2. The molecule has 1 amide bonds. The Morgan fingerprint density at radius 2 is 1.88 bits per heavy atom. The van der Waals surface area contributed by atoms with Gasteiger partial charge in [0.2, 0.25) is 5.91 Å². The molecule has 0 aliphatic carbocycles. The molecule has 0 aliphatic heterocycles. The van der Waals surface area contributed by atoms with Crippen molar-refractivity contribution in [2.24, 2.45) is 0 Å². The Morgan fingerprint density at radius 1 is 1.12 bits per heavy atom. The van der Waals surface area contributed by atoms with Crippen LogP contribution in [-0.2, 0) is 4.79 Å². The Morgan fingerprint density at radius 3 is 2.59 bits per heavy atom. The molecule has 2 aromatic heterocycles. The summed E-state index contributed by atoms with van der Waals surface area (Å²) in [5, 5.41) is 12.4. The lowest BCUT2D eigenvalue weighted by Crippen LogP contribution is -2.16. The summed E-state index contributed by atoms with van der Waals surface area (Å²) in [7, 11) is 1.58. The lowest BCUT2D eigenvalue weighted by molar-refractivity contribution is -0.113. The van der Waals surface area contributed by atoms with Gasteiger partial charge in [-0.2, -0.15) is 0 Å². The molecule has 4 aromatic rings. The predicted octanol–water partition coefficient (Wildman–Crippen LogP) is 5.20. The highest BCUT2D eigenvalue weighted by Gasteiger charge is 2.23. The number of benzene rings is 2. The molecule has 164 valence electrons. The van der Waals surface area contributed by atoms with Crippen LogP contribution in [0.5, 0.6) is 5.75 Å². The third kappa shape index (κ3) is 4.55. The maximum absolute atomic E-state index is 12.6. The van der Waals surface area contributed by atoms with E-state index in [0.29, 0.717) is 22.4 Å². The van der Waals surface area contributed by atoms with Crippen LogP contribution in [0.3, 0.4) is 0 Å². The van der Waals surface area contributed by atoms with Gasteiger partial charge in [-0.15, -0.1) is 10.2 Å². The number of aryl methyl sites for hydroxylation is 1. The van der Waals surface area contributed by atoms with Gasteiger partial charge in [-0.1, -0.05) is 54.2 Å². The smallest absolute Gasteiger partial charge is 0.234 e. The van der Waals surface area contributed by atoms with Crippen LogP contribution < -0.4 is 10.1 Å². The minimum absolute atomic E-state index is 0.0321. The number of thioether (sulfide) groups is 1. The van der Waals surface area contributed by atoms with Crippen LogP contribution in [-0.4, -0.2) is 33.5 Å². The van der Waals surface area contributed by atoms with E-state index >= 15 is 0 Å². The Kier molecular flexibility index (Phi) is 6.61. The number of furan rings is 1. The van der Waals surface area contributed by atoms with E-state index in [1.54, 1.807) is 25.5 Å². The molecular weight excluding hydrogens is 424 g/mol. The molecule has 32 heavy (non-hydrogen) atoms. The van der Waals surface area contributed by atoms with Crippen LogP contribution in [0.4, 0.5) is 5.69 Å². The second-order valence-corrected chi connectivity index (χ2v) is 8.13. The second kappa shape index (κ2) is 9.74. The van der Waals surface area contributed by atoms with Gasteiger partial charge >= 0.3 is 0 Å². The number of nitrogens with zero attached hydrogens (tertiary/aromatic N) is 3. The predicted molar refractivity (Wildman–Crippen MR) is 125 cm³/mol. The van der Waals surface area contributed by atoms with Gasteiger partial charge in [0.05, 0.1) is 36.4 Å². The van der Waals surface area contributed by atoms with Crippen molar-refractivity contribution in [2.75, 3.05) is 18.2 Å². The number of rotatable bonds is 8. The second-order valence-electron chi connectivity index (χ2n) is 7.19. The molecule has 1 atom stereocenters. The van der Waals surface area contributed by atoms with Crippen molar-refractivity contribution in [1.82, 2.24) is 14.8 Å². The van der Waals surface area contributed by atoms with Crippen LogP contribution in [0.1, 0.15) is 24.3 Å². The number of carbonyl (C=O) groups excluding carboxylic acids is 1. The zero-order valence-electron chi connectivity index (χ0n) is 18.1. The van der Waals surface area contributed by atoms with Crippen LogP contribution >= 0.6 is 11.8 Å². The summed E-state index contributed by atoms with van der Waals surface area (Å²) in [6.45, 7) is 3.99. The van der Waals surface area contributed by atoms with Crippen molar-refractivity contribution < 1.29 is 13.9 Å². The molecular formula is C24H24N4O3S. The normalized spacial score (nSPS) is 11.8. The standard InChI is InChI=1S/C24H24N4O3S/c1-16(18-9-5-4-6-10-18)28-23(19-13-14-31-17(19)2)26-27-24(28)32-15-22(29)25-20-11-7-8-12-21(20)30-3/h4-14,16H,15H2,1-3H3,(H,25,29)/t16-/m1/s1. The summed E-state index contributed by atoms with van der Waals surface area (Å²) in [5.74, 6) is 2.12. The van der Waals surface area contributed by atoms with Gasteiger partial charge in [0.1, 0.15) is 11.5 Å². The Labute approximate surface area is 190 Å². The summed E-state index contributed by atoms with van der Waals surface area (Å²) in [5.41, 5.74) is 2.63. The molecule has 0 saturated carbocycles. The average molecular weight is 449 g/mol. The highest BCUT2D eigenvalue weighted by molar-refractivity contribution is 7.99. The lowest BCUT2D eigenvalue weighted by atomic mass is 10.1.